The van der Waals surface area contributed by atoms with Crippen molar-refractivity contribution in [1.82, 2.24) is 4.31 Å². The first-order valence-corrected chi connectivity index (χ1v) is 11.0. The highest BCUT2D eigenvalue weighted by atomic mass is 79.9. The van der Waals surface area contributed by atoms with Gasteiger partial charge in [-0.25, -0.2) is 8.42 Å². The molecule has 1 aromatic heterocycles. The second-order valence-electron chi connectivity index (χ2n) is 5.84. The molecule has 8 heteroatoms. The average Bonchev–Trinajstić information content (AvgIpc) is 3.16. The summed E-state index contributed by atoms with van der Waals surface area (Å²) >= 11 is 4.58. The lowest BCUT2D eigenvalue weighted by atomic mass is 9.98. The third-order valence-corrected chi connectivity index (χ3v) is 7.97. The van der Waals surface area contributed by atoms with Gasteiger partial charge in [0.2, 0.25) is 0 Å². The van der Waals surface area contributed by atoms with Gasteiger partial charge in [-0.15, -0.1) is 11.3 Å². The van der Waals surface area contributed by atoms with Crippen molar-refractivity contribution in [2.45, 2.75) is 23.7 Å². The number of ether oxygens (including phenoxy) is 1. The second-order valence-corrected chi connectivity index (χ2v) is 9.87. The van der Waals surface area contributed by atoms with Gasteiger partial charge >= 0.3 is 5.97 Å². The minimum Gasteiger partial charge on any atom is -0.461 e. The molecular formula is C17H18BrNO4S2. The van der Waals surface area contributed by atoms with E-state index in [2.05, 4.69) is 15.9 Å². The largest absolute Gasteiger partial charge is 0.461 e. The standard InChI is InChI=1S/C17H18BrNO4S2/c18-15-5-3-13(4-6-15)12-23-17(20)14-7-9-19(10-8-14)25(21,22)16-2-1-11-24-16/h1-6,11,14H,7-10,12H2. The molecule has 0 unspecified atom stereocenters. The maximum Gasteiger partial charge on any atom is 0.309 e. The van der Waals surface area contributed by atoms with Crippen LogP contribution in [0.1, 0.15) is 18.4 Å². The highest BCUT2D eigenvalue weighted by Crippen LogP contribution is 2.27. The Morgan fingerprint density at radius 3 is 2.48 bits per heavy atom. The number of hydrogen-bond acceptors (Lipinski definition) is 5. The predicted octanol–water partition coefficient (Wildman–Crippen LogP) is 3.65. The summed E-state index contributed by atoms with van der Waals surface area (Å²) in [5, 5.41) is 1.75. The molecule has 1 aliphatic rings. The van der Waals surface area contributed by atoms with E-state index in [1.165, 1.54) is 15.6 Å². The minimum atomic E-state index is -3.43. The molecule has 0 saturated carbocycles. The Bertz CT molecular complexity index is 811. The number of benzene rings is 1. The van der Waals surface area contributed by atoms with E-state index in [0.29, 0.717) is 30.1 Å². The fraction of sp³-hybridized carbons (Fsp3) is 0.353. The maximum absolute atomic E-state index is 12.5. The summed E-state index contributed by atoms with van der Waals surface area (Å²) in [5.41, 5.74) is 0.925. The van der Waals surface area contributed by atoms with Gasteiger partial charge in [-0.1, -0.05) is 34.1 Å². The molecule has 5 nitrogen and oxygen atoms in total. The van der Waals surface area contributed by atoms with Gasteiger partial charge in [-0.05, 0) is 42.0 Å². The normalized spacial score (nSPS) is 16.7. The van der Waals surface area contributed by atoms with Crippen molar-refractivity contribution in [2.24, 2.45) is 5.92 Å². The van der Waals surface area contributed by atoms with Crippen molar-refractivity contribution in [2.75, 3.05) is 13.1 Å². The molecule has 134 valence electrons. The van der Waals surface area contributed by atoms with Gasteiger partial charge in [0, 0.05) is 17.6 Å². The van der Waals surface area contributed by atoms with Crippen LogP contribution in [0, 0.1) is 5.92 Å². The maximum atomic E-state index is 12.5. The summed E-state index contributed by atoms with van der Waals surface area (Å²) in [6.45, 7) is 0.927. The van der Waals surface area contributed by atoms with Gasteiger partial charge in [0.05, 0.1) is 5.92 Å². The fourth-order valence-corrected chi connectivity index (χ4v) is 5.60. The Hall–Kier alpha value is -1.22. The highest BCUT2D eigenvalue weighted by molar-refractivity contribution is 9.10. The summed E-state index contributed by atoms with van der Waals surface area (Å²) < 4.78 is 33.1. The van der Waals surface area contributed by atoms with Crippen LogP contribution >= 0.6 is 27.3 Å². The predicted molar refractivity (Wildman–Crippen MR) is 99.7 cm³/mol. The summed E-state index contributed by atoms with van der Waals surface area (Å²) in [6, 6.07) is 10.9. The lowest BCUT2D eigenvalue weighted by molar-refractivity contribution is -0.151. The number of halogens is 1. The minimum absolute atomic E-state index is 0.236. The first-order chi connectivity index (χ1) is 12.0. The first kappa shape index (κ1) is 18.6. The van der Waals surface area contributed by atoms with Gasteiger partial charge in [0.1, 0.15) is 10.8 Å². The Balaban J connectivity index is 1.51. The zero-order valence-corrected chi connectivity index (χ0v) is 16.6. The van der Waals surface area contributed by atoms with Crippen LogP contribution in [-0.4, -0.2) is 31.8 Å². The zero-order valence-electron chi connectivity index (χ0n) is 13.4. The van der Waals surface area contributed by atoms with E-state index in [4.69, 9.17) is 4.74 Å². The van der Waals surface area contributed by atoms with E-state index in [0.717, 1.165) is 10.0 Å². The molecule has 0 bridgehead atoms. The van der Waals surface area contributed by atoms with E-state index < -0.39 is 10.0 Å². The Kier molecular flexibility index (Phi) is 5.93. The van der Waals surface area contributed by atoms with Crippen molar-refractivity contribution in [3.8, 4) is 0 Å². The molecule has 0 aliphatic carbocycles. The number of carbonyl (C=O) groups is 1. The van der Waals surface area contributed by atoms with Gasteiger partial charge in [-0.3, -0.25) is 4.79 Å². The number of nitrogens with zero attached hydrogens (tertiary/aromatic N) is 1. The van der Waals surface area contributed by atoms with Gasteiger partial charge in [0.25, 0.3) is 10.0 Å². The second kappa shape index (κ2) is 7.99. The van der Waals surface area contributed by atoms with E-state index in [-0.39, 0.29) is 18.5 Å². The quantitative estimate of drug-likeness (QED) is 0.661. The SMILES string of the molecule is O=C(OCc1ccc(Br)cc1)C1CCN(S(=O)(=O)c2cccs2)CC1. The third kappa shape index (κ3) is 4.49. The van der Waals surface area contributed by atoms with Crippen LogP contribution < -0.4 is 0 Å². The average molecular weight is 444 g/mol. The number of sulfonamides is 1. The summed E-state index contributed by atoms with van der Waals surface area (Å²) in [6.07, 6.45) is 0.980. The topological polar surface area (TPSA) is 63.7 Å². The number of esters is 1. The van der Waals surface area contributed by atoms with Crippen molar-refractivity contribution in [3.63, 3.8) is 0 Å². The molecular weight excluding hydrogens is 426 g/mol. The van der Waals surface area contributed by atoms with E-state index >= 15 is 0 Å². The smallest absolute Gasteiger partial charge is 0.309 e. The van der Waals surface area contributed by atoms with E-state index in [9.17, 15) is 13.2 Å². The molecule has 25 heavy (non-hydrogen) atoms. The van der Waals surface area contributed by atoms with Crippen molar-refractivity contribution in [3.05, 3.63) is 51.8 Å². The number of thiophene rings is 1. The summed E-state index contributed by atoms with van der Waals surface area (Å²) in [7, 11) is -3.43. The van der Waals surface area contributed by atoms with E-state index in [1.54, 1.807) is 17.5 Å². The molecule has 1 aliphatic heterocycles. The lowest BCUT2D eigenvalue weighted by Gasteiger charge is -2.29. The monoisotopic (exact) mass is 443 g/mol. The van der Waals surface area contributed by atoms with Crippen LogP contribution in [-0.2, 0) is 26.2 Å². The summed E-state index contributed by atoms with van der Waals surface area (Å²) in [4.78, 5) is 12.2. The van der Waals surface area contributed by atoms with Gasteiger partial charge < -0.3 is 4.74 Å². The Morgan fingerprint density at radius 1 is 1.20 bits per heavy atom. The molecule has 0 atom stereocenters. The van der Waals surface area contributed by atoms with Crippen LogP contribution in [0.15, 0.2) is 50.5 Å². The van der Waals surface area contributed by atoms with Crippen LogP contribution in [0.4, 0.5) is 0 Å². The van der Waals surface area contributed by atoms with Crippen LogP contribution in [0.3, 0.4) is 0 Å². The molecule has 3 rings (SSSR count). The van der Waals surface area contributed by atoms with Crippen LogP contribution in [0.5, 0.6) is 0 Å². The van der Waals surface area contributed by atoms with Gasteiger partial charge in [0.15, 0.2) is 0 Å². The molecule has 1 aromatic carbocycles. The lowest BCUT2D eigenvalue weighted by Crippen LogP contribution is -2.40. The van der Waals surface area contributed by atoms with Crippen LogP contribution in [0.2, 0.25) is 0 Å². The zero-order chi connectivity index (χ0) is 17.9. The number of hydrogen-bond donors (Lipinski definition) is 0. The number of rotatable bonds is 5. The third-order valence-electron chi connectivity index (χ3n) is 4.17. The molecule has 0 radical (unpaired) electrons. The van der Waals surface area contributed by atoms with Crippen molar-refractivity contribution in [1.29, 1.82) is 0 Å². The van der Waals surface area contributed by atoms with Crippen molar-refractivity contribution < 1.29 is 17.9 Å². The summed E-state index contributed by atoms with van der Waals surface area (Å²) in [5.74, 6) is -0.499. The molecule has 2 aromatic rings. The molecule has 1 fully saturated rings. The molecule has 1 saturated heterocycles. The molecule has 2 heterocycles. The number of carbonyl (C=O) groups excluding carboxylic acids is 1. The molecule has 0 spiro atoms. The highest BCUT2D eigenvalue weighted by Gasteiger charge is 2.33. The van der Waals surface area contributed by atoms with Crippen LogP contribution in [0.25, 0.3) is 0 Å². The fourth-order valence-electron chi connectivity index (χ4n) is 2.72. The molecule has 0 amide bonds. The Labute approximate surface area is 159 Å². The van der Waals surface area contributed by atoms with Gasteiger partial charge in [-0.2, -0.15) is 4.31 Å². The van der Waals surface area contributed by atoms with E-state index in [1.807, 2.05) is 24.3 Å². The Morgan fingerprint density at radius 2 is 1.88 bits per heavy atom. The van der Waals surface area contributed by atoms with Crippen molar-refractivity contribution >= 4 is 43.3 Å². The first-order valence-electron chi connectivity index (χ1n) is 7.91. The molecule has 0 N–H and O–H groups in total. The number of piperidine rings is 1.